The quantitative estimate of drug-likeness (QED) is 0.789. The van der Waals surface area contributed by atoms with E-state index in [9.17, 15) is 4.79 Å². The number of hydrogen-bond donors (Lipinski definition) is 1. The van der Waals surface area contributed by atoms with E-state index in [2.05, 4.69) is 24.1 Å². The fourth-order valence-electron chi connectivity index (χ4n) is 3.68. The molecule has 1 saturated carbocycles. The number of morpholine rings is 1. The summed E-state index contributed by atoms with van der Waals surface area (Å²) in [7, 11) is 3.34. The van der Waals surface area contributed by atoms with Gasteiger partial charge in [0, 0.05) is 18.6 Å². The Labute approximate surface area is 122 Å². The second-order valence-corrected chi connectivity index (χ2v) is 6.26. The summed E-state index contributed by atoms with van der Waals surface area (Å²) in [6.07, 6.45) is 4.17. The fraction of sp³-hybridized carbons (Fsp3) is 0.933. The smallest absolute Gasteiger partial charge is 0.326 e. The van der Waals surface area contributed by atoms with Gasteiger partial charge in [0.25, 0.3) is 0 Å². The molecule has 20 heavy (non-hydrogen) atoms. The van der Waals surface area contributed by atoms with E-state index in [-0.39, 0.29) is 12.1 Å². The van der Waals surface area contributed by atoms with Crippen LogP contribution in [0.5, 0.6) is 0 Å². The Morgan fingerprint density at radius 3 is 2.85 bits per heavy atom. The Balaban J connectivity index is 2.10. The summed E-state index contributed by atoms with van der Waals surface area (Å²) in [5.74, 6) is -0.126. The van der Waals surface area contributed by atoms with Crippen molar-refractivity contribution in [3.8, 4) is 0 Å². The molecule has 1 heterocycles. The zero-order valence-electron chi connectivity index (χ0n) is 13.1. The van der Waals surface area contributed by atoms with Crippen molar-refractivity contribution in [1.29, 1.82) is 0 Å². The first-order valence-electron chi connectivity index (χ1n) is 7.67. The third-order valence-corrected chi connectivity index (χ3v) is 4.90. The van der Waals surface area contributed by atoms with E-state index < -0.39 is 5.54 Å². The predicted octanol–water partition coefficient (Wildman–Crippen LogP) is 1.17. The molecule has 1 N–H and O–H groups in total. The number of carbonyl (C=O) groups excluding carboxylic acids is 1. The summed E-state index contributed by atoms with van der Waals surface area (Å²) in [6, 6.07) is 0.846. The van der Waals surface area contributed by atoms with Gasteiger partial charge in [-0.3, -0.25) is 9.69 Å². The summed E-state index contributed by atoms with van der Waals surface area (Å²) in [5.41, 5.74) is -0.515. The molecular formula is C15H28N2O3. The Hall–Kier alpha value is -0.650. The number of likely N-dealkylation sites (N-methyl/N-ethyl adjacent to an activating group) is 1. The first kappa shape index (κ1) is 15.7. The Morgan fingerprint density at radius 1 is 1.45 bits per heavy atom. The van der Waals surface area contributed by atoms with Gasteiger partial charge in [-0.1, -0.05) is 0 Å². The van der Waals surface area contributed by atoms with Crippen molar-refractivity contribution in [3.63, 3.8) is 0 Å². The third kappa shape index (κ3) is 3.00. The molecule has 0 aromatic rings. The van der Waals surface area contributed by atoms with E-state index >= 15 is 0 Å². The maximum absolute atomic E-state index is 12.2. The molecule has 2 rings (SSSR count). The highest BCUT2D eigenvalue weighted by Gasteiger charge is 2.45. The molecule has 0 amide bonds. The molecule has 1 aliphatic carbocycles. The first-order valence-corrected chi connectivity index (χ1v) is 7.67. The molecule has 0 radical (unpaired) electrons. The van der Waals surface area contributed by atoms with Crippen LogP contribution < -0.4 is 5.32 Å². The highest BCUT2D eigenvalue weighted by molar-refractivity contribution is 5.81. The number of hydrogen-bond acceptors (Lipinski definition) is 5. The number of nitrogens with zero attached hydrogens (tertiary/aromatic N) is 1. The third-order valence-electron chi connectivity index (χ3n) is 4.90. The lowest BCUT2D eigenvalue weighted by Crippen LogP contribution is -2.60. The lowest BCUT2D eigenvalue weighted by molar-refractivity contribution is -0.152. The molecule has 4 unspecified atom stereocenters. The van der Waals surface area contributed by atoms with Crippen molar-refractivity contribution in [3.05, 3.63) is 0 Å². The van der Waals surface area contributed by atoms with Crippen LogP contribution in [0.4, 0.5) is 0 Å². The number of methoxy groups -OCH3 is 1. The topological polar surface area (TPSA) is 50.8 Å². The normalized spacial score (nSPS) is 39.5. The second-order valence-electron chi connectivity index (χ2n) is 6.26. The zero-order chi connectivity index (χ0) is 14.8. The van der Waals surface area contributed by atoms with Gasteiger partial charge in [-0.2, -0.15) is 0 Å². The van der Waals surface area contributed by atoms with Gasteiger partial charge >= 0.3 is 5.97 Å². The standard InChI is InChI=1S/C15H28N2O3/c1-11-10-20-12(2)9-17(11)13-6-5-7-15(8-13,16-3)14(18)19-4/h11-13,16H,5-10H2,1-4H3. The largest absolute Gasteiger partial charge is 0.468 e. The number of esters is 1. The van der Waals surface area contributed by atoms with E-state index in [0.29, 0.717) is 12.1 Å². The SMILES string of the molecule is CNC1(C(=O)OC)CCCC(N2CC(C)OCC2C)C1. The summed E-state index contributed by atoms with van der Waals surface area (Å²) in [6.45, 7) is 6.06. The molecule has 5 nitrogen and oxygen atoms in total. The first-order chi connectivity index (χ1) is 9.52. The van der Waals surface area contributed by atoms with E-state index in [0.717, 1.165) is 38.8 Å². The highest BCUT2D eigenvalue weighted by Crippen LogP contribution is 2.34. The van der Waals surface area contributed by atoms with Crippen molar-refractivity contribution < 1.29 is 14.3 Å². The summed E-state index contributed by atoms with van der Waals surface area (Å²) < 4.78 is 10.7. The van der Waals surface area contributed by atoms with E-state index in [4.69, 9.17) is 9.47 Å². The highest BCUT2D eigenvalue weighted by atomic mass is 16.5. The van der Waals surface area contributed by atoms with E-state index in [1.165, 1.54) is 7.11 Å². The van der Waals surface area contributed by atoms with Gasteiger partial charge in [0.2, 0.25) is 0 Å². The number of rotatable bonds is 3. The van der Waals surface area contributed by atoms with Crippen LogP contribution >= 0.6 is 0 Å². The zero-order valence-corrected chi connectivity index (χ0v) is 13.1. The molecule has 2 fully saturated rings. The molecule has 0 spiro atoms. The van der Waals surface area contributed by atoms with E-state index in [1.54, 1.807) is 0 Å². The second kappa shape index (κ2) is 6.41. The molecule has 2 aliphatic rings. The summed E-state index contributed by atoms with van der Waals surface area (Å²) in [5, 5.41) is 3.23. The molecule has 116 valence electrons. The van der Waals surface area contributed by atoms with Gasteiger partial charge < -0.3 is 14.8 Å². The maximum atomic E-state index is 12.2. The van der Waals surface area contributed by atoms with Crippen molar-refractivity contribution >= 4 is 5.97 Å². The molecule has 0 aromatic carbocycles. The van der Waals surface area contributed by atoms with Crippen LogP contribution in [0.3, 0.4) is 0 Å². The van der Waals surface area contributed by atoms with Crippen LogP contribution in [0.1, 0.15) is 39.5 Å². The van der Waals surface area contributed by atoms with Gasteiger partial charge in [-0.05, 0) is 46.6 Å². The van der Waals surface area contributed by atoms with Gasteiger partial charge in [-0.15, -0.1) is 0 Å². The van der Waals surface area contributed by atoms with Crippen LogP contribution in [-0.2, 0) is 14.3 Å². The Morgan fingerprint density at radius 2 is 2.20 bits per heavy atom. The van der Waals surface area contributed by atoms with E-state index in [1.807, 2.05) is 7.05 Å². The molecule has 5 heteroatoms. The molecule has 1 saturated heterocycles. The minimum Gasteiger partial charge on any atom is -0.468 e. The minimum atomic E-state index is -0.515. The van der Waals surface area contributed by atoms with Gasteiger partial charge in [0.15, 0.2) is 0 Å². The maximum Gasteiger partial charge on any atom is 0.326 e. The molecule has 0 bridgehead atoms. The average molecular weight is 284 g/mol. The Bertz CT molecular complexity index is 350. The number of carbonyl (C=O) groups is 1. The van der Waals surface area contributed by atoms with Crippen molar-refractivity contribution in [2.24, 2.45) is 0 Å². The van der Waals surface area contributed by atoms with Crippen LogP contribution in [0.2, 0.25) is 0 Å². The lowest BCUT2D eigenvalue weighted by Gasteiger charge is -2.47. The van der Waals surface area contributed by atoms with Crippen LogP contribution in [0.15, 0.2) is 0 Å². The number of ether oxygens (including phenoxy) is 2. The van der Waals surface area contributed by atoms with Gasteiger partial charge in [-0.25, -0.2) is 0 Å². The lowest BCUT2D eigenvalue weighted by atomic mass is 9.78. The molecule has 4 atom stereocenters. The van der Waals surface area contributed by atoms with Gasteiger partial charge in [0.1, 0.15) is 5.54 Å². The Kier molecular flexibility index (Phi) is 5.04. The summed E-state index contributed by atoms with van der Waals surface area (Å²) in [4.78, 5) is 14.7. The van der Waals surface area contributed by atoms with Crippen LogP contribution in [0.25, 0.3) is 0 Å². The molecular weight excluding hydrogens is 256 g/mol. The van der Waals surface area contributed by atoms with Crippen molar-refractivity contribution in [2.75, 3.05) is 27.3 Å². The minimum absolute atomic E-state index is 0.126. The summed E-state index contributed by atoms with van der Waals surface area (Å²) >= 11 is 0. The van der Waals surface area contributed by atoms with Crippen molar-refractivity contribution in [2.45, 2.75) is 63.3 Å². The van der Waals surface area contributed by atoms with Crippen molar-refractivity contribution in [1.82, 2.24) is 10.2 Å². The predicted molar refractivity (Wildman–Crippen MR) is 77.6 cm³/mol. The van der Waals surface area contributed by atoms with Crippen LogP contribution in [0, 0.1) is 0 Å². The monoisotopic (exact) mass is 284 g/mol. The fourth-order valence-corrected chi connectivity index (χ4v) is 3.68. The molecule has 1 aliphatic heterocycles. The molecule has 0 aromatic heterocycles. The van der Waals surface area contributed by atoms with Crippen LogP contribution in [-0.4, -0.2) is 61.9 Å². The average Bonchev–Trinajstić information content (AvgIpc) is 2.48. The van der Waals surface area contributed by atoms with Gasteiger partial charge in [0.05, 0.1) is 19.8 Å². The number of nitrogens with one attached hydrogen (secondary N) is 1.